The fourth-order valence-corrected chi connectivity index (χ4v) is 2.10. The van der Waals surface area contributed by atoms with E-state index in [1.807, 2.05) is 0 Å². The molecule has 0 bridgehead atoms. The maximum absolute atomic E-state index is 12.6. The van der Waals surface area contributed by atoms with Crippen molar-refractivity contribution >= 4 is 29.7 Å². The molecule has 28 heavy (non-hydrogen) atoms. The molecule has 0 saturated carbocycles. The predicted octanol–water partition coefficient (Wildman–Crippen LogP) is 3.88. The topological polar surface area (TPSA) is 108 Å². The second-order valence-corrected chi connectivity index (χ2v) is 8.46. The normalized spacial score (nSPS) is 11.5. The summed E-state index contributed by atoms with van der Waals surface area (Å²) in [5, 5.41) is 0.295. The Balaban J connectivity index is 3.14. The van der Waals surface area contributed by atoms with Crippen molar-refractivity contribution in [1.82, 2.24) is 4.90 Å². The van der Waals surface area contributed by atoms with Gasteiger partial charge in [-0.3, -0.25) is 4.79 Å². The Bertz CT molecular complexity index is 709. The molecule has 156 valence electrons. The Morgan fingerprint density at radius 1 is 1.00 bits per heavy atom. The number of hydrogen-bond acceptors (Lipinski definition) is 6. The molecule has 0 atom stereocenters. The number of halogens is 1. The van der Waals surface area contributed by atoms with Crippen LogP contribution in [0, 0.1) is 0 Å². The predicted molar refractivity (Wildman–Crippen MR) is 104 cm³/mol. The number of carbonyl (C=O) groups is 3. The summed E-state index contributed by atoms with van der Waals surface area (Å²) in [5.74, 6) is -0.327. The monoisotopic (exact) mass is 414 g/mol. The molecule has 0 aliphatic carbocycles. The summed E-state index contributed by atoms with van der Waals surface area (Å²) >= 11 is 6.20. The zero-order valence-corrected chi connectivity index (χ0v) is 17.8. The van der Waals surface area contributed by atoms with Crippen molar-refractivity contribution in [3.63, 3.8) is 0 Å². The van der Waals surface area contributed by atoms with E-state index in [-0.39, 0.29) is 13.2 Å². The molecule has 0 saturated heterocycles. The van der Waals surface area contributed by atoms with E-state index in [1.165, 1.54) is 12.1 Å². The molecule has 8 nitrogen and oxygen atoms in total. The first kappa shape index (κ1) is 23.6. The molecular weight excluding hydrogens is 388 g/mol. The van der Waals surface area contributed by atoms with Crippen LogP contribution in [-0.2, 0) is 20.8 Å². The van der Waals surface area contributed by atoms with Crippen LogP contribution >= 0.6 is 11.6 Å². The van der Waals surface area contributed by atoms with Gasteiger partial charge in [-0.25, -0.2) is 14.5 Å². The quantitative estimate of drug-likeness (QED) is 0.783. The van der Waals surface area contributed by atoms with Crippen molar-refractivity contribution in [2.24, 2.45) is 5.73 Å². The van der Waals surface area contributed by atoms with E-state index in [0.717, 1.165) is 4.90 Å². The van der Waals surface area contributed by atoms with Crippen LogP contribution < -0.4 is 10.5 Å². The molecule has 0 heterocycles. The summed E-state index contributed by atoms with van der Waals surface area (Å²) in [6.07, 6.45) is -1.75. The lowest BCUT2D eigenvalue weighted by Gasteiger charge is -2.28. The Morgan fingerprint density at radius 3 is 1.93 bits per heavy atom. The Morgan fingerprint density at radius 2 is 1.50 bits per heavy atom. The molecule has 1 rings (SSSR count). The number of primary amides is 1. The summed E-state index contributed by atoms with van der Waals surface area (Å²) in [5.41, 5.74) is 3.84. The lowest BCUT2D eigenvalue weighted by Crippen LogP contribution is -2.43. The number of rotatable bonds is 5. The van der Waals surface area contributed by atoms with Gasteiger partial charge >= 0.3 is 12.2 Å². The molecule has 1 aromatic rings. The lowest BCUT2D eigenvalue weighted by molar-refractivity contribution is -0.119. The van der Waals surface area contributed by atoms with Gasteiger partial charge < -0.3 is 19.9 Å². The van der Waals surface area contributed by atoms with Crippen LogP contribution in [0.25, 0.3) is 0 Å². The molecule has 2 N–H and O–H groups in total. The molecule has 0 radical (unpaired) electrons. The summed E-state index contributed by atoms with van der Waals surface area (Å²) in [7, 11) is 0. The number of hydrogen-bond donors (Lipinski definition) is 1. The van der Waals surface area contributed by atoms with Crippen molar-refractivity contribution in [1.29, 1.82) is 0 Å². The van der Waals surface area contributed by atoms with Gasteiger partial charge in [0.25, 0.3) is 5.91 Å². The fourth-order valence-electron chi connectivity index (χ4n) is 1.92. The minimum absolute atomic E-state index is 0.212. The second kappa shape index (κ2) is 9.14. The van der Waals surface area contributed by atoms with Gasteiger partial charge in [-0.15, -0.1) is 0 Å². The first-order valence-electron chi connectivity index (χ1n) is 8.61. The van der Waals surface area contributed by atoms with Crippen molar-refractivity contribution in [2.45, 2.75) is 59.3 Å². The molecule has 0 fully saturated rings. The first-order chi connectivity index (χ1) is 12.7. The summed E-state index contributed by atoms with van der Waals surface area (Å²) < 4.78 is 15.9. The minimum atomic E-state index is -0.874. The fraction of sp³-hybridized carbons (Fsp3) is 0.526. The van der Waals surface area contributed by atoms with Gasteiger partial charge in [-0.2, -0.15) is 0 Å². The zero-order valence-electron chi connectivity index (χ0n) is 17.0. The molecule has 9 heteroatoms. The van der Waals surface area contributed by atoms with E-state index < -0.39 is 29.3 Å². The summed E-state index contributed by atoms with van der Waals surface area (Å²) in [4.78, 5) is 36.8. The number of nitrogens with two attached hydrogens (primary N) is 1. The van der Waals surface area contributed by atoms with Gasteiger partial charge in [0.15, 0.2) is 6.61 Å². The van der Waals surface area contributed by atoms with Crippen molar-refractivity contribution in [2.75, 3.05) is 6.61 Å². The van der Waals surface area contributed by atoms with E-state index in [9.17, 15) is 14.4 Å². The van der Waals surface area contributed by atoms with Crippen LogP contribution in [0.2, 0.25) is 5.02 Å². The molecule has 3 amide bonds. The van der Waals surface area contributed by atoms with Crippen LogP contribution in [0.4, 0.5) is 9.59 Å². The van der Waals surface area contributed by atoms with E-state index in [4.69, 9.17) is 31.5 Å². The summed E-state index contributed by atoms with van der Waals surface area (Å²) in [6, 6.07) is 4.57. The maximum Gasteiger partial charge on any atom is 0.420 e. The van der Waals surface area contributed by atoms with Gasteiger partial charge in [0, 0.05) is 5.02 Å². The number of benzene rings is 1. The number of imide groups is 1. The van der Waals surface area contributed by atoms with E-state index >= 15 is 0 Å². The zero-order chi connectivity index (χ0) is 21.7. The minimum Gasteiger partial charge on any atom is -0.484 e. The highest BCUT2D eigenvalue weighted by atomic mass is 35.5. The average Bonchev–Trinajstić information content (AvgIpc) is 2.48. The first-order valence-corrected chi connectivity index (χ1v) is 8.99. The van der Waals surface area contributed by atoms with Crippen molar-refractivity contribution in [3.8, 4) is 5.75 Å². The Labute approximate surface area is 169 Å². The van der Waals surface area contributed by atoms with Gasteiger partial charge in [0.2, 0.25) is 0 Å². The van der Waals surface area contributed by atoms with Crippen molar-refractivity contribution < 1.29 is 28.6 Å². The molecule has 0 aliphatic rings. The SMILES string of the molecule is CC(C)(C)OC(=O)N(Cc1cc(OCC(N)=O)ccc1Cl)C(=O)OC(C)(C)C. The highest BCUT2D eigenvalue weighted by Crippen LogP contribution is 2.25. The number of ether oxygens (including phenoxy) is 3. The van der Waals surface area contributed by atoms with Gasteiger partial charge in [-0.05, 0) is 65.3 Å². The smallest absolute Gasteiger partial charge is 0.420 e. The highest BCUT2D eigenvalue weighted by Gasteiger charge is 2.31. The van der Waals surface area contributed by atoms with Gasteiger partial charge in [-0.1, -0.05) is 11.6 Å². The van der Waals surface area contributed by atoms with Gasteiger partial charge in [0.05, 0.1) is 6.54 Å². The lowest BCUT2D eigenvalue weighted by atomic mass is 10.2. The van der Waals surface area contributed by atoms with Crippen LogP contribution in [0.3, 0.4) is 0 Å². The number of amides is 3. The molecular formula is C19H27ClN2O6. The second-order valence-electron chi connectivity index (χ2n) is 8.06. The third kappa shape index (κ3) is 8.47. The van der Waals surface area contributed by atoms with Gasteiger partial charge in [0.1, 0.15) is 17.0 Å². The largest absolute Gasteiger partial charge is 0.484 e. The number of nitrogens with zero attached hydrogens (tertiary/aromatic N) is 1. The molecule has 0 spiro atoms. The van der Waals surface area contributed by atoms with Crippen LogP contribution in [-0.4, -0.2) is 40.8 Å². The van der Waals surface area contributed by atoms with Crippen molar-refractivity contribution in [3.05, 3.63) is 28.8 Å². The standard InChI is InChI=1S/C19H27ClN2O6/c1-18(2,3)27-16(24)22(17(25)28-19(4,5)6)10-12-9-13(7-8-14(12)20)26-11-15(21)23/h7-9H,10-11H2,1-6H3,(H2,21,23). The molecule has 0 aromatic heterocycles. The maximum atomic E-state index is 12.6. The Hall–Kier alpha value is -2.48. The van der Waals surface area contributed by atoms with Crippen LogP contribution in [0.1, 0.15) is 47.1 Å². The van der Waals surface area contributed by atoms with E-state index in [0.29, 0.717) is 16.3 Å². The average molecular weight is 415 g/mol. The molecule has 0 unspecified atom stereocenters. The van der Waals surface area contributed by atoms with Crippen LogP contribution in [0.5, 0.6) is 5.75 Å². The van der Waals surface area contributed by atoms with E-state index in [1.54, 1.807) is 47.6 Å². The third-order valence-corrected chi connectivity index (χ3v) is 3.32. The summed E-state index contributed by atoms with van der Waals surface area (Å²) in [6.45, 7) is 9.58. The third-order valence-electron chi connectivity index (χ3n) is 2.95. The van der Waals surface area contributed by atoms with E-state index in [2.05, 4.69) is 0 Å². The van der Waals surface area contributed by atoms with Crippen LogP contribution in [0.15, 0.2) is 18.2 Å². The molecule has 0 aliphatic heterocycles. The highest BCUT2D eigenvalue weighted by molar-refractivity contribution is 6.31. The molecule has 1 aromatic carbocycles. The Kier molecular flexibility index (Phi) is 7.69. The number of carbonyl (C=O) groups excluding carboxylic acids is 3.